The van der Waals surface area contributed by atoms with E-state index in [2.05, 4.69) is 0 Å². The van der Waals surface area contributed by atoms with Gasteiger partial charge in [0.05, 0.1) is 0 Å². The van der Waals surface area contributed by atoms with E-state index < -0.39 is 12.3 Å². The molecule has 0 heterocycles. The zero-order valence-corrected chi connectivity index (χ0v) is 8.50. The molecule has 1 aliphatic carbocycles. The number of aliphatic hydroxyl groups is 2. The van der Waals surface area contributed by atoms with E-state index in [1.54, 1.807) is 0 Å². The highest BCUT2D eigenvalue weighted by Gasteiger charge is 2.39. The molecule has 1 aliphatic rings. The summed E-state index contributed by atoms with van der Waals surface area (Å²) in [7, 11) is 0. The van der Waals surface area contributed by atoms with Gasteiger partial charge >= 0.3 is 6.18 Å². The quantitative estimate of drug-likeness (QED) is 0.773. The van der Waals surface area contributed by atoms with Crippen molar-refractivity contribution in [2.75, 3.05) is 6.61 Å². The van der Waals surface area contributed by atoms with Crippen LogP contribution in [0.2, 0.25) is 0 Å². The minimum Gasteiger partial charge on any atom is -0.396 e. The van der Waals surface area contributed by atoms with Gasteiger partial charge in [-0.1, -0.05) is 0 Å². The van der Waals surface area contributed by atoms with E-state index in [1.165, 1.54) is 0 Å². The molecule has 2 nitrogen and oxygen atoms in total. The molecule has 0 amide bonds. The van der Waals surface area contributed by atoms with Crippen molar-refractivity contribution < 1.29 is 23.4 Å². The fraction of sp³-hybridized carbons (Fsp3) is 1.00. The van der Waals surface area contributed by atoms with Crippen LogP contribution in [0.25, 0.3) is 0 Å². The molecule has 90 valence electrons. The summed E-state index contributed by atoms with van der Waals surface area (Å²) in [5, 5.41) is 17.7. The Hall–Kier alpha value is -0.290. The van der Waals surface area contributed by atoms with Crippen molar-refractivity contribution in [3.63, 3.8) is 0 Å². The number of hydrogen-bond acceptors (Lipinski definition) is 2. The Labute approximate surface area is 87.1 Å². The van der Waals surface area contributed by atoms with Gasteiger partial charge in [-0.3, -0.25) is 0 Å². The lowest BCUT2D eigenvalue weighted by Crippen LogP contribution is -2.32. The van der Waals surface area contributed by atoms with Gasteiger partial charge in [-0.2, -0.15) is 13.2 Å². The van der Waals surface area contributed by atoms with Crippen molar-refractivity contribution >= 4 is 0 Å². The van der Waals surface area contributed by atoms with Crippen LogP contribution in [0.4, 0.5) is 13.2 Å². The Morgan fingerprint density at radius 2 is 1.53 bits per heavy atom. The standard InChI is InChI=1S/C10H17F3O2/c11-10(12,13)9(15)5-7-1-3-8(6-14)4-2-7/h7-9,14-15H,1-6H2. The van der Waals surface area contributed by atoms with Gasteiger partial charge in [-0.05, 0) is 43.9 Å². The Morgan fingerprint density at radius 1 is 1.07 bits per heavy atom. The number of aliphatic hydroxyl groups excluding tert-OH is 2. The van der Waals surface area contributed by atoms with Gasteiger partial charge in [-0.25, -0.2) is 0 Å². The number of hydrogen-bond donors (Lipinski definition) is 2. The number of alkyl halides is 3. The molecule has 1 rings (SSSR count). The third-order valence-corrected chi connectivity index (χ3v) is 3.16. The van der Waals surface area contributed by atoms with Gasteiger partial charge in [0, 0.05) is 6.61 Å². The zero-order chi connectivity index (χ0) is 11.5. The maximum atomic E-state index is 12.1. The van der Waals surface area contributed by atoms with Gasteiger partial charge < -0.3 is 10.2 Å². The summed E-state index contributed by atoms with van der Waals surface area (Å²) in [6, 6.07) is 0. The van der Waals surface area contributed by atoms with Crippen LogP contribution in [0.5, 0.6) is 0 Å². The highest BCUT2D eigenvalue weighted by Crippen LogP contribution is 2.34. The Kier molecular flexibility index (Phi) is 4.40. The first kappa shape index (κ1) is 12.8. The molecule has 0 aromatic heterocycles. The van der Waals surface area contributed by atoms with E-state index in [-0.39, 0.29) is 24.9 Å². The van der Waals surface area contributed by atoms with Crippen LogP contribution in [0.15, 0.2) is 0 Å². The van der Waals surface area contributed by atoms with Crippen LogP contribution < -0.4 is 0 Å². The Morgan fingerprint density at radius 3 is 1.93 bits per heavy atom. The van der Waals surface area contributed by atoms with Crippen molar-refractivity contribution in [1.29, 1.82) is 0 Å². The lowest BCUT2D eigenvalue weighted by Gasteiger charge is -2.29. The highest BCUT2D eigenvalue weighted by molar-refractivity contribution is 4.76. The molecule has 15 heavy (non-hydrogen) atoms. The fourth-order valence-corrected chi connectivity index (χ4v) is 2.10. The summed E-state index contributed by atoms with van der Waals surface area (Å²) in [6.07, 6.45) is -3.97. The smallest absolute Gasteiger partial charge is 0.396 e. The maximum absolute atomic E-state index is 12.1. The molecule has 0 aliphatic heterocycles. The van der Waals surface area contributed by atoms with Crippen LogP contribution in [0, 0.1) is 11.8 Å². The van der Waals surface area contributed by atoms with E-state index in [1.807, 2.05) is 0 Å². The molecule has 1 saturated carbocycles. The molecule has 0 spiro atoms. The van der Waals surface area contributed by atoms with Crippen molar-refractivity contribution in [3.05, 3.63) is 0 Å². The summed E-state index contributed by atoms with van der Waals surface area (Å²) >= 11 is 0. The molecule has 2 N–H and O–H groups in total. The molecule has 0 aromatic rings. The maximum Gasteiger partial charge on any atom is 0.414 e. The average Bonchev–Trinajstić information content (AvgIpc) is 2.17. The predicted molar refractivity (Wildman–Crippen MR) is 49.2 cm³/mol. The molecule has 1 atom stereocenters. The minimum absolute atomic E-state index is 0.0515. The third kappa shape index (κ3) is 3.99. The van der Waals surface area contributed by atoms with Gasteiger partial charge in [0.1, 0.15) is 6.10 Å². The Balaban J connectivity index is 2.29. The first-order valence-corrected chi connectivity index (χ1v) is 5.29. The average molecular weight is 226 g/mol. The topological polar surface area (TPSA) is 40.5 Å². The third-order valence-electron chi connectivity index (χ3n) is 3.16. The molecule has 0 radical (unpaired) electrons. The van der Waals surface area contributed by atoms with E-state index in [0.29, 0.717) is 12.8 Å². The molecule has 1 unspecified atom stereocenters. The first-order chi connectivity index (χ1) is 6.93. The SMILES string of the molecule is OCC1CCC(CC(O)C(F)(F)F)CC1. The molecule has 0 bridgehead atoms. The molecule has 0 aromatic carbocycles. The predicted octanol–water partition coefficient (Wildman–Crippen LogP) is 2.10. The van der Waals surface area contributed by atoms with Gasteiger partial charge in [0.25, 0.3) is 0 Å². The molecular formula is C10H17F3O2. The molecule has 5 heteroatoms. The van der Waals surface area contributed by atoms with Crippen molar-refractivity contribution in [1.82, 2.24) is 0 Å². The highest BCUT2D eigenvalue weighted by atomic mass is 19.4. The molecule has 0 saturated heterocycles. The van der Waals surface area contributed by atoms with E-state index in [9.17, 15) is 13.2 Å². The molecule has 1 fully saturated rings. The van der Waals surface area contributed by atoms with Crippen molar-refractivity contribution in [2.45, 2.75) is 44.4 Å². The lowest BCUT2D eigenvalue weighted by atomic mass is 9.80. The summed E-state index contributed by atoms with van der Waals surface area (Å²) < 4.78 is 36.2. The monoisotopic (exact) mass is 226 g/mol. The normalized spacial score (nSPS) is 30.2. The van der Waals surface area contributed by atoms with E-state index in [0.717, 1.165) is 12.8 Å². The second-order valence-corrected chi connectivity index (χ2v) is 4.36. The summed E-state index contributed by atoms with van der Waals surface area (Å²) in [5.74, 6) is 0.189. The summed E-state index contributed by atoms with van der Waals surface area (Å²) in [5.41, 5.74) is 0. The summed E-state index contributed by atoms with van der Waals surface area (Å²) in [4.78, 5) is 0. The van der Waals surface area contributed by atoms with Crippen LogP contribution >= 0.6 is 0 Å². The van der Waals surface area contributed by atoms with Crippen molar-refractivity contribution in [2.24, 2.45) is 11.8 Å². The van der Waals surface area contributed by atoms with Gasteiger partial charge in [-0.15, -0.1) is 0 Å². The van der Waals surface area contributed by atoms with Crippen molar-refractivity contribution in [3.8, 4) is 0 Å². The van der Waals surface area contributed by atoms with Crippen LogP contribution in [-0.2, 0) is 0 Å². The lowest BCUT2D eigenvalue weighted by molar-refractivity contribution is -0.209. The first-order valence-electron chi connectivity index (χ1n) is 5.29. The fourth-order valence-electron chi connectivity index (χ4n) is 2.10. The number of halogens is 3. The van der Waals surface area contributed by atoms with Gasteiger partial charge in [0.2, 0.25) is 0 Å². The Bertz CT molecular complexity index is 186. The second kappa shape index (κ2) is 5.16. The summed E-state index contributed by atoms with van der Waals surface area (Å²) in [6.45, 7) is 0.120. The minimum atomic E-state index is -4.49. The largest absolute Gasteiger partial charge is 0.414 e. The van der Waals surface area contributed by atoms with E-state index >= 15 is 0 Å². The van der Waals surface area contributed by atoms with E-state index in [4.69, 9.17) is 10.2 Å². The number of rotatable bonds is 3. The van der Waals surface area contributed by atoms with Crippen LogP contribution in [-0.4, -0.2) is 29.1 Å². The second-order valence-electron chi connectivity index (χ2n) is 4.36. The van der Waals surface area contributed by atoms with Crippen LogP contribution in [0.3, 0.4) is 0 Å². The van der Waals surface area contributed by atoms with Gasteiger partial charge in [0.15, 0.2) is 0 Å². The zero-order valence-electron chi connectivity index (χ0n) is 8.50. The van der Waals surface area contributed by atoms with Crippen LogP contribution in [0.1, 0.15) is 32.1 Å². The molecular weight excluding hydrogens is 209 g/mol.